The SMILES string of the molecule is Cc1noc(C2CN(C(=O)c3ccc(=O)[nH]c3)CC23CCCC3)n1. The number of aromatic amines is 1. The lowest BCUT2D eigenvalue weighted by atomic mass is 9.76. The second kappa shape index (κ2) is 5.58. The summed E-state index contributed by atoms with van der Waals surface area (Å²) in [6.45, 7) is 3.10. The zero-order valence-corrected chi connectivity index (χ0v) is 13.6. The summed E-state index contributed by atoms with van der Waals surface area (Å²) >= 11 is 0. The molecule has 126 valence electrons. The molecule has 0 bridgehead atoms. The molecule has 1 saturated carbocycles. The van der Waals surface area contributed by atoms with Gasteiger partial charge in [0.1, 0.15) is 0 Å². The number of hydrogen-bond donors (Lipinski definition) is 1. The molecule has 7 nitrogen and oxygen atoms in total. The quantitative estimate of drug-likeness (QED) is 0.908. The van der Waals surface area contributed by atoms with Crippen LogP contribution in [0.2, 0.25) is 0 Å². The minimum atomic E-state index is -0.209. The normalized spacial score (nSPS) is 22.4. The molecule has 2 aromatic heterocycles. The molecule has 24 heavy (non-hydrogen) atoms. The third-order valence-corrected chi connectivity index (χ3v) is 5.41. The van der Waals surface area contributed by atoms with Gasteiger partial charge in [-0.25, -0.2) is 0 Å². The van der Waals surface area contributed by atoms with Gasteiger partial charge in [-0.3, -0.25) is 9.59 Å². The lowest BCUT2D eigenvalue weighted by Gasteiger charge is -2.27. The molecular weight excluding hydrogens is 308 g/mol. The Morgan fingerprint density at radius 2 is 2.17 bits per heavy atom. The maximum Gasteiger partial charge on any atom is 0.255 e. The zero-order valence-electron chi connectivity index (χ0n) is 13.6. The van der Waals surface area contributed by atoms with Crippen molar-refractivity contribution in [1.82, 2.24) is 20.0 Å². The summed E-state index contributed by atoms with van der Waals surface area (Å²) in [5.41, 5.74) is 0.334. The first-order valence-corrected chi connectivity index (χ1v) is 8.36. The highest BCUT2D eigenvalue weighted by Crippen LogP contribution is 2.53. The number of likely N-dealkylation sites (tertiary alicyclic amines) is 1. The maximum absolute atomic E-state index is 12.8. The summed E-state index contributed by atoms with van der Waals surface area (Å²) in [5, 5.41) is 3.92. The average molecular weight is 328 g/mol. The Hall–Kier alpha value is -2.44. The first-order valence-electron chi connectivity index (χ1n) is 8.36. The Balaban J connectivity index is 1.63. The molecule has 4 rings (SSSR count). The second-order valence-electron chi connectivity index (χ2n) is 6.93. The molecule has 0 aromatic carbocycles. The molecule has 1 N–H and O–H groups in total. The van der Waals surface area contributed by atoms with E-state index in [0.29, 0.717) is 30.4 Å². The molecule has 7 heteroatoms. The Labute approximate surface area is 139 Å². The monoisotopic (exact) mass is 328 g/mol. The highest BCUT2D eigenvalue weighted by molar-refractivity contribution is 5.94. The fraction of sp³-hybridized carbons (Fsp3) is 0.529. The minimum absolute atomic E-state index is 0.0385. The Kier molecular flexibility index (Phi) is 3.51. The van der Waals surface area contributed by atoms with Gasteiger partial charge >= 0.3 is 0 Å². The molecule has 1 aliphatic heterocycles. The van der Waals surface area contributed by atoms with Crippen LogP contribution < -0.4 is 5.56 Å². The minimum Gasteiger partial charge on any atom is -0.339 e. The third kappa shape index (κ3) is 2.44. The smallest absolute Gasteiger partial charge is 0.255 e. The van der Waals surface area contributed by atoms with E-state index in [9.17, 15) is 9.59 Å². The van der Waals surface area contributed by atoms with Gasteiger partial charge in [-0.2, -0.15) is 4.98 Å². The van der Waals surface area contributed by atoms with Crippen LogP contribution in [-0.4, -0.2) is 39.0 Å². The summed E-state index contributed by atoms with van der Waals surface area (Å²) in [6.07, 6.45) is 5.98. The number of carbonyl (C=O) groups excluding carboxylic acids is 1. The number of aromatic nitrogens is 3. The van der Waals surface area contributed by atoms with Gasteiger partial charge in [0.15, 0.2) is 5.82 Å². The molecule has 2 aromatic rings. The van der Waals surface area contributed by atoms with Crippen LogP contribution in [0.4, 0.5) is 0 Å². The Bertz CT molecular complexity index is 799. The Morgan fingerprint density at radius 1 is 1.38 bits per heavy atom. The van der Waals surface area contributed by atoms with Gasteiger partial charge in [-0.1, -0.05) is 18.0 Å². The molecule has 1 aliphatic carbocycles. The van der Waals surface area contributed by atoms with Gasteiger partial charge < -0.3 is 14.4 Å². The predicted octanol–water partition coefficient (Wildman–Crippen LogP) is 1.87. The number of aryl methyl sites for hydroxylation is 1. The highest BCUT2D eigenvalue weighted by Gasteiger charge is 2.52. The van der Waals surface area contributed by atoms with Crippen molar-refractivity contribution < 1.29 is 9.32 Å². The highest BCUT2D eigenvalue weighted by atomic mass is 16.5. The summed E-state index contributed by atoms with van der Waals surface area (Å²) in [5.74, 6) is 1.30. The van der Waals surface area contributed by atoms with E-state index < -0.39 is 0 Å². The van der Waals surface area contributed by atoms with Gasteiger partial charge in [-0.05, 0) is 25.8 Å². The van der Waals surface area contributed by atoms with Gasteiger partial charge in [-0.15, -0.1) is 0 Å². The van der Waals surface area contributed by atoms with Crippen LogP contribution >= 0.6 is 0 Å². The van der Waals surface area contributed by atoms with Crippen molar-refractivity contribution in [3.8, 4) is 0 Å². The summed E-state index contributed by atoms with van der Waals surface area (Å²) < 4.78 is 5.44. The van der Waals surface area contributed by atoms with E-state index in [2.05, 4.69) is 15.1 Å². The lowest BCUT2D eigenvalue weighted by Crippen LogP contribution is -2.31. The summed E-state index contributed by atoms with van der Waals surface area (Å²) in [4.78, 5) is 32.9. The topological polar surface area (TPSA) is 92.1 Å². The molecule has 1 saturated heterocycles. The number of carbonyl (C=O) groups is 1. The summed E-state index contributed by atoms with van der Waals surface area (Å²) in [7, 11) is 0. The summed E-state index contributed by atoms with van der Waals surface area (Å²) in [6, 6.07) is 2.96. The van der Waals surface area contributed by atoms with Crippen molar-refractivity contribution in [3.05, 3.63) is 46.0 Å². The van der Waals surface area contributed by atoms with Crippen molar-refractivity contribution >= 4 is 5.91 Å². The molecule has 3 heterocycles. The zero-order chi connectivity index (χ0) is 16.7. The first-order chi connectivity index (χ1) is 11.6. The van der Waals surface area contributed by atoms with Crippen molar-refractivity contribution in [1.29, 1.82) is 0 Å². The number of nitrogens with one attached hydrogen (secondary N) is 1. The number of amides is 1. The Morgan fingerprint density at radius 3 is 2.79 bits per heavy atom. The van der Waals surface area contributed by atoms with E-state index in [-0.39, 0.29) is 22.8 Å². The van der Waals surface area contributed by atoms with Crippen molar-refractivity contribution in [2.45, 2.75) is 38.5 Å². The average Bonchev–Trinajstić information content (AvgIpc) is 3.29. The van der Waals surface area contributed by atoms with E-state index in [1.165, 1.54) is 25.1 Å². The van der Waals surface area contributed by atoms with Crippen LogP contribution in [0.25, 0.3) is 0 Å². The van der Waals surface area contributed by atoms with E-state index >= 15 is 0 Å². The van der Waals surface area contributed by atoms with Crippen molar-refractivity contribution in [2.24, 2.45) is 5.41 Å². The van der Waals surface area contributed by atoms with E-state index in [4.69, 9.17) is 4.52 Å². The van der Waals surface area contributed by atoms with Gasteiger partial charge in [0.25, 0.3) is 5.91 Å². The molecule has 2 fully saturated rings. The number of hydrogen-bond acceptors (Lipinski definition) is 5. The molecule has 1 spiro atoms. The van der Waals surface area contributed by atoms with Crippen LogP contribution in [0, 0.1) is 12.3 Å². The van der Waals surface area contributed by atoms with E-state index in [1.807, 2.05) is 11.8 Å². The second-order valence-corrected chi connectivity index (χ2v) is 6.93. The fourth-order valence-corrected chi connectivity index (χ4v) is 4.23. The van der Waals surface area contributed by atoms with Crippen molar-refractivity contribution in [3.63, 3.8) is 0 Å². The number of nitrogens with zero attached hydrogens (tertiary/aromatic N) is 3. The first kappa shape index (κ1) is 15.1. The fourth-order valence-electron chi connectivity index (χ4n) is 4.23. The van der Waals surface area contributed by atoms with Gasteiger partial charge in [0.05, 0.1) is 11.5 Å². The van der Waals surface area contributed by atoms with Gasteiger partial charge in [0, 0.05) is 30.8 Å². The maximum atomic E-state index is 12.8. The van der Waals surface area contributed by atoms with Crippen LogP contribution in [-0.2, 0) is 0 Å². The number of rotatable bonds is 2. The molecular formula is C17H20N4O3. The lowest BCUT2D eigenvalue weighted by molar-refractivity contribution is 0.0772. The number of pyridine rings is 1. The van der Waals surface area contributed by atoms with Crippen LogP contribution in [0.5, 0.6) is 0 Å². The predicted molar refractivity (Wildman–Crippen MR) is 85.6 cm³/mol. The molecule has 1 atom stereocenters. The van der Waals surface area contributed by atoms with E-state index in [1.54, 1.807) is 6.07 Å². The van der Waals surface area contributed by atoms with Crippen LogP contribution in [0.3, 0.4) is 0 Å². The van der Waals surface area contributed by atoms with Crippen LogP contribution in [0.1, 0.15) is 53.7 Å². The van der Waals surface area contributed by atoms with Gasteiger partial charge in [0.2, 0.25) is 11.4 Å². The third-order valence-electron chi connectivity index (χ3n) is 5.41. The molecule has 1 unspecified atom stereocenters. The standard InChI is InChI=1S/C17H20N4O3/c1-11-19-15(24-20-11)13-9-21(10-17(13)6-2-3-7-17)16(23)12-4-5-14(22)18-8-12/h4-5,8,13H,2-3,6-7,9-10H2,1H3,(H,18,22). The molecule has 2 aliphatic rings. The van der Waals surface area contributed by atoms with Crippen LogP contribution in [0.15, 0.2) is 27.6 Å². The molecule has 1 amide bonds. The largest absolute Gasteiger partial charge is 0.339 e. The van der Waals surface area contributed by atoms with Crippen molar-refractivity contribution in [2.75, 3.05) is 13.1 Å². The van der Waals surface area contributed by atoms with E-state index in [0.717, 1.165) is 12.8 Å². The number of H-pyrrole nitrogens is 1. The molecule has 0 radical (unpaired) electrons.